The van der Waals surface area contributed by atoms with Crippen LogP contribution in [0.15, 0.2) is 46.9 Å². The minimum Gasteiger partial charge on any atom is -0.352 e. The molecule has 2 amide bonds. The van der Waals surface area contributed by atoms with E-state index >= 15 is 0 Å². The van der Waals surface area contributed by atoms with Crippen molar-refractivity contribution in [3.05, 3.63) is 63.1 Å². The molecule has 24 heavy (non-hydrogen) atoms. The van der Waals surface area contributed by atoms with Crippen LogP contribution in [0.4, 0.5) is 5.69 Å². The highest BCUT2D eigenvalue weighted by Gasteiger charge is 2.08. The van der Waals surface area contributed by atoms with Gasteiger partial charge in [0.05, 0.1) is 10.6 Å². The van der Waals surface area contributed by atoms with Crippen LogP contribution in [0, 0.1) is 11.3 Å². The lowest BCUT2D eigenvalue weighted by molar-refractivity contribution is -0.116. The number of carbonyl (C=O) groups is 2. The smallest absolute Gasteiger partial charge is 0.251 e. The van der Waals surface area contributed by atoms with Crippen molar-refractivity contribution < 1.29 is 9.59 Å². The molecule has 0 saturated carbocycles. The van der Waals surface area contributed by atoms with Gasteiger partial charge in [-0.3, -0.25) is 9.59 Å². The van der Waals surface area contributed by atoms with Crippen molar-refractivity contribution in [2.75, 3.05) is 11.9 Å². The number of benzene rings is 2. The van der Waals surface area contributed by atoms with Crippen molar-refractivity contribution in [3.8, 4) is 6.07 Å². The quantitative estimate of drug-likeness (QED) is 0.793. The molecular formula is C17H13BrClN3O2. The summed E-state index contributed by atoms with van der Waals surface area (Å²) < 4.78 is 0.888. The first-order chi connectivity index (χ1) is 11.5. The number of halogens is 2. The number of nitrogens with one attached hydrogen (secondary N) is 2. The molecule has 0 fully saturated rings. The Bertz CT molecular complexity index is 800. The van der Waals surface area contributed by atoms with Gasteiger partial charge in [-0.25, -0.2) is 0 Å². The van der Waals surface area contributed by atoms with Crippen LogP contribution in [0.25, 0.3) is 0 Å². The molecule has 2 N–H and O–H groups in total. The van der Waals surface area contributed by atoms with Gasteiger partial charge in [-0.1, -0.05) is 27.5 Å². The normalized spacial score (nSPS) is 9.88. The maximum absolute atomic E-state index is 11.9. The third kappa shape index (κ3) is 5.08. The zero-order chi connectivity index (χ0) is 17.5. The number of hydrogen-bond acceptors (Lipinski definition) is 3. The van der Waals surface area contributed by atoms with Crippen LogP contribution in [0.1, 0.15) is 22.3 Å². The van der Waals surface area contributed by atoms with Gasteiger partial charge in [0, 0.05) is 28.7 Å². The van der Waals surface area contributed by atoms with E-state index in [1.54, 1.807) is 30.3 Å². The fourth-order valence-electron chi connectivity index (χ4n) is 1.90. The van der Waals surface area contributed by atoms with E-state index in [1.165, 1.54) is 12.1 Å². The maximum atomic E-state index is 11.9. The van der Waals surface area contributed by atoms with Crippen LogP contribution in [0.2, 0.25) is 5.02 Å². The van der Waals surface area contributed by atoms with E-state index in [2.05, 4.69) is 26.6 Å². The molecular weight excluding hydrogens is 394 g/mol. The second kappa shape index (κ2) is 8.48. The number of carbonyl (C=O) groups excluding carboxylic acids is 2. The molecule has 2 rings (SSSR count). The molecule has 0 spiro atoms. The monoisotopic (exact) mass is 405 g/mol. The van der Waals surface area contributed by atoms with Gasteiger partial charge in [-0.2, -0.15) is 5.26 Å². The van der Waals surface area contributed by atoms with Gasteiger partial charge in [0.25, 0.3) is 5.91 Å². The molecule has 2 aromatic rings. The predicted molar refractivity (Wildman–Crippen MR) is 95.9 cm³/mol. The molecule has 0 atom stereocenters. The molecule has 0 bridgehead atoms. The van der Waals surface area contributed by atoms with Crippen LogP contribution >= 0.6 is 27.5 Å². The average Bonchev–Trinajstić information content (AvgIpc) is 2.55. The first-order valence-electron chi connectivity index (χ1n) is 7.03. The van der Waals surface area contributed by atoms with Crippen molar-refractivity contribution in [1.29, 1.82) is 5.26 Å². The minimum atomic E-state index is -0.258. The van der Waals surface area contributed by atoms with Crippen LogP contribution in [0.5, 0.6) is 0 Å². The Balaban J connectivity index is 1.81. The molecule has 2 aromatic carbocycles. The summed E-state index contributed by atoms with van der Waals surface area (Å²) in [7, 11) is 0. The summed E-state index contributed by atoms with van der Waals surface area (Å²) >= 11 is 9.20. The van der Waals surface area contributed by atoms with Gasteiger partial charge >= 0.3 is 0 Å². The van der Waals surface area contributed by atoms with E-state index in [1.807, 2.05) is 6.07 Å². The Morgan fingerprint density at radius 3 is 2.50 bits per heavy atom. The molecule has 0 radical (unpaired) electrons. The number of nitrogens with zero attached hydrogens (tertiary/aromatic N) is 1. The van der Waals surface area contributed by atoms with Gasteiger partial charge < -0.3 is 10.6 Å². The fraction of sp³-hybridized carbons (Fsp3) is 0.118. The topological polar surface area (TPSA) is 82.0 Å². The fourth-order valence-corrected chi connectivity index (χ4v) is 2.39. The van der Waals surface area contributed by atoms with E-state index < -0.39 is 0 Å². The van der Waals surface area contributed by atoms with Crippen molar-refractivity contribution >= 4 is 45.0 Å². The van der Waals surface area contributed by atoms with E-state index in [0.29, 0.717) is 16.8 Å². The number of rotatable bonds is 5. The average molecular weight is 407 g/mol. The van der Waals surface area contributed by atoms with Gasteiger partial charge in [0.15, 0.2) is 0 Å². The predicted octanol–water partition coefficient (Wildman–Crippen LogP) is 3.73. The van der Waals surface area contributed by atoms with Crippen LogP contribution < -0.4 is 10.6 Å². The lowest BCUT2D eigenvalue weighted by Gasteiger charge is -2.07. The first-order valence-corrected chi connectivity index (χ1v) is 8.20. The highest BCUT2D eigenvalue weighted by atomic mass is 79.9. The van der Waals surface area contributed by atoms with E-state index in [-0.39, 0.29) is 29.8 Å². The molecule has 0 aliphatic heterocycles. The lowest BCUT2D eigenvalue weighted by atomic mass is 10.2. The maximum Gasteiger partial charge on any atom is 0.251 e. The van der Waals surface area contributed by atoms with Crippen molar-refractivity contribution in [1.82, 2.24) is 5.32 Å². The molecule has 0 aliphatic carbocycles. The minimum absolute atomic E-state index is 0.125. The SMILES string of the molecule is N#Cc1ccc(NC(=O)CCNC(=O)c2ccc(Br)cc2)cc1Cl. The zero-order valence-corrected chi connectivity index (χ0v) is 14.8. The van der Waals surface area contributed by atoms with Gasteiger partial charge in [-0.15, -0.1) is 0 Å². The summed E-state index contributed by atoms with van der Waals surface area (Å²) in [6, 6.07) is 13.5. The van der Waals surface area contributed by atoms with Crippen molar-refractivity contribution in [2.45, 2.75) is 6.42 Å². The molecule has 5 nitrogen and oxygen atoms in total. The number of hydrogen-bond donors (Lipinski definition) is 2. The summed E-state index contributed by atoms with van der Waals surface area (Å²) in [4.78, 5) is 23.8. The molecule has 0 unspecified atom stereocenters. The zero-order valence-electron chi connectivity index (χ0n) is 12.5. The van der Waals surface area contributed by atoms with E-state index in [0.717, 1.165) is 4.47 Å². The standard InChI is InChI=1S/C17H13BrClN3O2/c18-13-4-1-11(2-5-13)17(24)21-8-7-16(23)22-14-6-3-12(10-20)15(19)9-14/h1-6,9H,7-8H2,(H,21,24)(H,22,23). The molecule has 7 heteroatoms. The molecule has 0 heterocycles. The van der Waals surface area contributed by atoms with Gasteiger partial charge in [0.1, 0.15) is 6.07 Å². The summed E-state index contributed by atoms with van der Waals surface area (Å²) in [6.07, 6.45) is 0.125. The third-order valence-electron chi connectivity index (χ3n) is 3.12. The highest BCUT2D eigenvalue weighted by molar-refractivity contribution is 9.10. The van der Waals surface area contributed by atoms with Crippen LogP contribution in [-0.2, 0) is 4.79 Å². The second-order valence-corrected chi connectivity index (χ2v) is 6.19. The summed E-state index contributed by atoms with van der Waals surface area (Å²) in [5.74, 6) is -0.497. The lowest BCUT2D eigenvalue weighted by Crippen LogP contribution is -2.27. The highest BCUT2D eigenvalue weighted by Crippen LogP contribution is 2.20. The van der Waals surface area contributed by atoms with Crippen molar-refractivity contribution in [3.63, 3.8) is 0 Å². The number of amides is 2. The van der Waals surface area contributed by atoms with Crippen LogP contribution in [-0.4, -0.2) is 18.4 Å². The summed E-state index contributed by atoms with van der Waals surface area (Å²) in [5.41, 5.74) is 1.37. The molecule has 0 aliphatic rings. The number of nitriles is 1. The largest absolute Gasteiger partial charge is 0.352 e. The summed E-state index contributed by atoms with van der Waals surface area (Å²) in [6.45, 7) is 0.213. The molecule has 0 aromatic heterocycles. The van der Waals surface area contributed by atoms with Gasteiger partial charge in [-0.05, 0) is 42.5 Å². The number of anilines is 1. The van der Waals surface area contributed by atoms with E-state index in [9.17, 15) is 9.59 Å². The first kappa shape index (κ1) is 18.0. The van der Waals surface area contributed by atoms with Crippen LogP contribution in [0.3, 0.4) is 0 Å². The van der Waals surface area contributed by atoms with E-state index in [4.69, 9.17) is 16.9 Å². The molecule has 0 saturated heterocycles. The van der Waals surface area contributed by atoms with Crippen molar-refractivity contribution in [2.24, 2.45) is 0 Å². The third-order valence-corrected chi connectivity index (χ3v) is 3.96. The Kier molecular flexibility index (Phi) is 6.36. The Hall–Kier alpha value is -2.36. The van der Waals surface area contributed by atoms with Gasteiger partial charge in [0.2, 0.25) is 5.91 Å². The Morgan fingerprint density at radius 1 is 1.17 bits per heavy atom. The Morgan fingerprint density at radius 2 is 1.88 bits per heavy atom. The summed E-state index contributed by atoms with van der Waals surface area (Å²) in [5, 5.41) is 14.4. The molecule has 122 valence electrons. The second-order valence-electron chi connectivity index (χ2n) is 4.87. The Labute approximate surface area is 152 Å².